The lowest BCUT2D eigenvalue weighted by atomic mass is 10.2. The SMILES string of the molecule is O=C([C@@H]1COc2ccccc2O1)N(Cc1nccs1)c1ccccc1. The van der Waals surface area contributed by atoms with Gasteiger partial charge < -0.3 is 14.4 Å². The summed E-state index contributed by atoms with van der Waals surface area (Å²) in [5.74, 6) is 1.11. The highest BCUT2D eigenvalue weighted by molar-refractivity contribution is 7.09. The molecule has 126 valence electrons. The number of aromatic nitrogens is 1. The first-order valence-corrected chi connectivity index (χ1v) is 8.82. The minimum atomic E-state index is -0.685. The average molecular weight is 352 g/mol. The van der Waals surface area contributed by atoms with Gasteiger partial charge in [-0.3, -0.25) is 4.79 Å². The van der Waals surface area contributed by atoms with Crippen molar-refractivity contribution in [2.75, 3.05) is 11.5 Å². The van der Waals surface area contributed by atoms with Gasteiger partial charge in [0.1, 0.15) is 11.6 Å². The molecular formula is C19H16N2O3S. The first-order chi connectivity index (χ1) is 12.3. The number of para-hydroxylation sites is 3. The zero-order chi connectivity index (χ0) is 17.1. The Morgan fingerprint density at radius 1 is 1.12 bits per heavy atom. The molecule has 1 amide bonds. The zero-order valence-electron chi connectivity index (χ0n) is 13.4. The van der Waals surface area contributed by atoms with Crippen LogP contribution in [0.2, 0.25) is 0 Å². The summed E-state index contributed by atoms with van der Waals surface area (Å²) in [4.78, 5) is 19.1. The van der Waals surface area contributed by atoms with Crippen molar-refractivity contribution in [3.8, 4) is 11.5 Å². The molecule has 0 saturated carbocycles. The molecular weight excluding hydrogens is 336 g/mol. The molecule has 1 aliphatic rings. The van der Waals surface area contributed by atoms with E-state index in [0.717, 1.165) is 10.7 Å². The van der Waals surface area contributed by atoms with Crippen molar-refractivity contribution < 1.29 is 14.3 Å². The number of carbonyl (C=O) groups excluding carboxylic acids is 1. The van der Waals surface area contributed by atoms with Crippen molar-refractivity contribution in [1.29, 1.82) is 0 Å². The third-order valence-electron chi connectivity index (χ3n) is 3.89. The second-order valence-corrected chi connectivity index (χ2v) is 6.53. The number of rotatable bonds is 4. The number of amides is 1. The zero-order valence-corrected chi connectivity index (χ0v) is 14.2. The van der Waals surface area contributed by atoms with Gasteiger partial charge >= 0.3 is 0 Å². The minimum Gasteiger partial charge on any atom is -0.485 e. The van der Waals surface area contributed by atoms with Crippen LogP contribution in [0.4, 0.5) is 5.69 Å². The quantitative estimate of drug-likeness (QED) is 0.721. The maximum atomic E-state index is 13.1. The third-order valence-corrected chi connectivity index (χ3v) is 4.66. The predicted molar refractivity (Wildman–Crippen MR) is 96.1 cm³/mol. The van der Waals surface area contributed by atoms with E-state index in [1.807, 2.05) is 60.0 Å². The highest BCUT2D eigenvalue weighted by Crippen LogP contribution is 2.32. The number of ether oxygens (including phenoxy) is 2. The molecule has 0 N–H and O–H groups in total. The summed E-state index contributed by atoms with van der Waals surface area (Å²) >= 11 is 1.52. The molecule has 0 aliphatic carbocycles. The highest BCUT2D eigenvalue weighted by Gasteiger charge is 2.32. The molecule has 0 spiro atoms. The smallest absolute Gasteiger partial charge is 0.272 e. The summed E-state index contributed by atoms with van der Waals surface area (Å²) in [7, 11) is 0. The molecule has 5 nitrogen and oxygen atoms in total. The van der Waals surface area contributed by atoms with Gasteiger partial charge in [-0.2, -0.15) is 0 Å². The molecule has 0 unspecified atom stereocenters. The summed E-state index contributed by atoms with van der Waals surface area (Å²) in [5.41, 5.74) is 0.810. The van der Waals surface area contributed by atoms with Crippen molar-refractivity contribution in [3.63, 3.8) is 0 Å². The average Bonchev–Trinajstić information content (AvgIpc) is 3.19. The predicted octanol–water partition coefficient (Wildman–Crippen LogP) is 3.52. The van der Waals surface area contributed by atoms with Crippen molar-refractivity contribution in [2.45, 2.75) is 12.6 Å². The van der Waals surface area contributed by atoms with Gasteiger partial charge in [-0.05, 0) is 24.3 Å². The number of anilines is 1. The Morgan fingerprint density at radius 3 is 2.64 bits per heavy atom. The maximum absolute atomic E-state index is 13.1. The molecule has 4 rings (SSSR count). The number of thiazole rings is 1. The van der Waals surface area contributed by atoms with E-state index in [4.69, 9.17) is 9.47 Å². The lowest BCUT2D eigenvalue weighted by molar-refractivity contribution is -0.127. The monoisotopic (exact) mass is 352 g/mol. The number of hydrogen-bond donors (Lipinski definition) is 0. The molecule has 0 radical (unpaired) electrons. The number of fused-ring (bicyclic) bond motifs is 1. The van der Waals surface area contributed by atoms with Crippen LogP contribution < -0.4 is 14.4 Å². The molecule has 0 saturated heterocycles. The van der Waals surface area contributed by atoms with Crippen LogP contribution in [-0.2, 0) is 11.3 Å². The van der Waals surface area contributed by atoms with Gasteiger partial charge in [0.05, 0.1) is 6.54 Å². The fraction of sp³-hybridized carbons (Fsp3) is 0.158. The van der Waals surface area contributed by atoms with Crippen molar-refractivity contribution in [3.05, 3.63) is 71.2 Å². The van der Waals surface area contributed by atoms with E-state index in [2.05, 4.69) is 4.98 Å². The van der Waals surface area contributed by atoms with Crippen molar-refractivity contribution in [2.24, 2.45) is 0 Å². The van der Waals surface area contributed by atoms with Crippen LogP contribution in [0.15, 0.2) is 66.2 Å². The fourth-order valence-corrected chi connectivity index (χ4v) is 3.29. The Labute approximate surface area is 149 Å². The molecule has 25 heavy (non-hydrogen) atoms. The van der Waals surface area contributed by atoms with Gasteiger partial charge in [-0.1, -0.05) is 30.3 Å². The van der Waals surface area contributed by atoms with Crippen LogP contribution >= 0.6 is 11.3 Å². The second kappa shape index (κ2) is 6.94. The van der Waals surface area contributed by atoms with Crippen LogP contribution in [0.3, 0.4) is 0 Å². The van der Waals surface area contributed by atoms with Gasteiger partial charge in [0.15, 0.2) is 11.5 Å². The number of nitrogens with zero attached hydrogens (tertiary/aromatic N) is 2. The molecule has 6 heteroatoms. The van der Waals surface area contributed by atoms with E-state index in [9.17, 15) is 4.79 Å². The lowest BCUT2D eigenvalue weighted by Crippen LogP contribution is -2.46. The summed E-state index contributed by atoms with van der Waals surface area (Å²) < 4.78 is 11.6. The standard InChI is InChI=1S/C19H16N2O3S/c22-19(17-13-23-15-8-4-5-9-16(15)24-17)21(12-18-20-10-11-25-18)14-6-2-1-3-7-14/h1-11,17H,12-13H2/t17-/m0/s1. The third kappa shape index (κ3) is 3.34. The van der Waals surface area contributed by atoms with Gasteiger partial charge in [0.2, 0.25) is 6.10 Å². The van der Waals surface area contributed by atoms with E-state index >= 15 is 0 Å². The Kier molecular flexibility index (Phi) is 4.35. The van der Waals surface area contributed by atoms with Gasteiger partial charge in [0, 0.05) is 17.3 Å². The minimum absolute atomic E-state index is 0.143. The summed E-state index contributed by atoms with van der Waals surface area (Å²) in [6.07, 6.45) is 1.06. The fourth-order valence-electron chi connectivity index (χ4n) is 2.69. The number of benzene rings is 2. The topological polar surface area (TPSA) is 51.7 Å². The van der Waals surface area contributed by atoms with Crippen LogP contribution in [-0.4, -0.2) is 23.6 Å². The van der Waals surface area contributed by atoms with E-state index in [0.29, 0.717) is 18.0 Å². The second-order valence-electron chi connectivity index (χ2n) is 5.55. The normalized spacial score (nSPS) is 15.6. The maximum Gasteiger partial charge on any atom is 0.272 e. The first-order valence-electron chi connectivity index (χ1n) is 7.94. The molecule has 1 aliphatic heterocycles. The summed E-state index contributed by atoms with van der Waals surface area (Å²) in [6.45, 7) is 0.596. The van der Waals surface area contributed by atoms with Crippen LogP contribution in [0.1, 0.15) is 5.01 Å². The van der Waals surface area contributed by atoms with Gasteiger partial charge in [-0.15, -0.1) is 11.3 Å². The lowest BCUT2D eigenvalue weighted by Gasteiger charge is -2.30. The molecule has 2 aromatic carbocycles. The van der Waals surface area contributed by atoms with Crippen LogP contribution in [0.25, 0.3) is 0 Å². The Hall–Kier alpha value is -2.86. The van der Waals surface area contributed by atoms with Crippen molar-refractivity contribution in [1.82, 2.24) is 4.98 Å². The molecule has 0 fully saturated rings. The number of carbonyl (C=O) groups is 1. The van der Waals surface area contributed by atoms with Gasteiger partial charge in [0.25, 0.3) is 5.91 Å². The Morgan fingerprint density at radius 2 is 1.88 bits per heavy atom. The van der Waals surface area contributed by atoms with E-state index in [-0.39, 0.29) is 12.5 Å². The molecule has 0 bridgehead atoms. The first kappa shape index (κ1) is 15.7. The number of hydrogen-bond acceptors (Lipinski definition) is 5. The van der Waals surface area contributed by atoms with Crippen molar-refractivity contribution >= 4 is 22.9 Å². The van der Waals surface area contributed by atoms with E-state index in [1.54, 1.807) is 11.1 Å². The van der Waals surface area contributed by atoms with Crippen LogP contribution in [0.5, 0.6) is 11.5 Å². The molecule has 3 aromatic rings. The van der Waals surface area contributed by atoms with Gasteiger partial charge in [-0.25, -0.2) is 4.98 Å². The highest BCUT2D eigenvalue weighted by atomic mass is 32.1. The molecule has 1 atom stereocenters. The Balaban J connectivity index is 1.60. The van der Waals surface area contributed by atoms with Crippen LogP contribution in [0, 0.1) is 0 Å². The van der Waals surface area contributed by atoms with E-state index < -0.39 is 6.10 Å². The molecule has 2 heterocycles. The van der Waals surface area contributed by atoms with E-state index in [1.165, 1.54) is 11.3 Å². The summed E-state index contributed by atoms with van der Waals surface area (Å²) in [6, 6.07) is 16.9. The summed E-state index contributed by atoms with van der Waals surface area (Å²) in [5, 5.41) is 2.77. The molecule has 1 aromatic heterocycles. The Bertz CT molecular complexity index is 852. The largest absolute Gasteiger partial charge is 0.485 e.